The fourth-order valence-corrected chi connectivity index (χ4v) is 9.41. The van der Waals surface area contributed by atoms with Crippen LogP contribution >= 0.6 is 0 Å². The molecule has 48 heavy (non-hydrogen) atoms. The Bertz CT molecular complexity index is 1340. The van der Waals surface area contributed by atoms with E-state index >= 15 is 0 Å². The molecule has 0 heterocycles. The van der Waals surface area contributed by atoms with Crippen LogP contribution in [0.25, 0.3) is 0 Å². The number of fused-ring (bicyclic) bond motifs is 5. The summed E-state index contributed by atoms with van der Waals surface area (Å²) in [6.45, 7) is 10.3. The number of carbonyl (C=O) groups excluding carboxylic acids is 5. The third kappa shape index (κ3) is 6.97. The summed E-state index contributed by atoms with van der Waals surface area (Å²) >= 11 is 0. The summed E-state index contributed by atoms with van der Waals surface area (Å²) in [5, 5.41) is 38.0. The predicted molar refractivity (Wildman–Crippen MR) is 174 cm³/mol. The molecule has 0 aromatic heterocycles. The van der Waals surface area contributed by atoms with E-state index in [1.807, 2.05) is 13.8 Å². The van der Waals surface area contributed by atoms with Gasteiger partial charge in [0, 0.05) is 18.3 Å². The highest BCUT2D eigenvalue weighted by Gasteiger charge is 2.68. The Balaban J connectivity index is 1.32. The van der Waals surface area contributed by atoms with E-state index in [0.29, 0.717) is 25.7 Å². The Morgan fingerprint density at radius 2 is 1.69 bits per heavy atom. The van der Waals surface area contributed by atoms with Crippen LogP contribution in [0.5, 0.6) is 0 Å². The summed E-state index contributed by atoms with van der Waals surface area (Å²) in [6, 6.07) is -2.13. The number of aliphatic hydroxyl groups excluding tert-OH is 1. The lowest BCUT2D eigenvalue weighted by Crippen LogP contribution is -2.62. The maximum absolute atomic E-state index is 13.5. The van der Waals surface area contributed by atoms with Crippen molar-refractivity contribution in [3.8, 4) is 0 Å². The minimum absolute atomic E-state index is 0.0164. The minimum atomic E-state index is -1.79. The van der Waals surface area contributed by atoms with Crippen molar-refractivity contribution in [1.82, 2.24) is 10.6 Å². The van der Waals surface area contributed by atoms with Gasteiger partial charge in [0.15, 0.2) is 12.4 Å². The molecule has 0 saturated heterocycles. The van der Waals surface area contributed by atoms with Crippen LogP contribution in [-0.2, 0) is 33.5 Å². The molecule has 12 heteroatoms. The zero-order chi connectivity index (χ0) is 35.8. The Morgan fingerprint density at radius 1 is 1.00 bits per heavy atom. The lowest BCUT2D eigenvalue weighted by atomic mass is 9.45. The largest absolute Gasteiger partial charge is 0.480 e. The Hall–Kier alpha value is -3.12. The van der Waals surface area contributed by atoms with Crippen molar-refractivity contribution in [2.75, 3.05) is 6.61 Å². The van der Waals surface area contributed by atoms with E-state index in [1.165, 1.54) is 0 Å². The molecule has 10 atom stereocenters. The zero-order valence-electron chi connectivity index (χ0n) is 29.2. The van der Waals surface area contributed by atoms with Crippen LogP contribution in [0.1, 0.15) is 106 Å². The number of Topliss-reactive ketones (excluding diaryl/α,β-unsaturated/α-hetero) is 1. The number of amides is 2. The van der Waals surface area contributed by atoms with E-state index < -0.39 is 65.3 Å². The van der Waals surface area contributed by atoms with Crippen molar-refractivity contribution in [2.24, 2.45) is 40.4 Å². The number of esters is 1. The van der Waals surface area contributed by atoms with Gasteiger partial charge in [0.2, 0.25) is 17.6 Å². The van der Waals surface area contributed by atoms with Crippen LogP contribution in [0, 0.1) is 40.4 Å². The molecule has 0 bridgehead atoms. The van der Waals surface area contributed by atoms with Crippen LogP contribution in [0.3, 0.4) is 0 Å². The van der Waals surface area contributed by atoms with Crippen LogP contribution in [0.4, 0.5) is 0 Å². The van der Waals surface area contributed by atoms with Crippen LogP contribution in [0.15, 0.2) is 11.6 Å². The van der Waals surface area contributed by atoms with Gasteiger partial charge < -0.3 is 30.7 Å². The van der Waals surface area contributed by atoms with E-state index in [0.717, 1.165) is 18.4 Å². The molecule has 0 aromatic carbocycles. The molecule has 5 N–H and O–H groups in total. The molecule has 2 amide bonds. The first-order valence-electron chi connectivity index (χ1n) is 17.5. The lowest BCUT2D eigenvalue weighted by Gasteiger charge is -2.60. The average Bonchev–Trinajstić information content (AvgIpc) is 3.29. The van der Waals surface area contributed by atoms with Gasteiger partial charge in [0.25, 0.3) is 0 Å². The highest BCUT2D eigenvalue weighted by molar-refractivity contribution is 5.93. The number of allylic oxidation sites excluding steroid dienone is 1. The number of rotatable bonds is 13. The number of ketones is 2. The standard InChI is InChI=1S/C36H54N2O10/c1-7-20(4)31(33(45)46)38-32(44)30(19(2)3)37-27(42)10-11-28(43)48-18-26(41)36(47)15-13-24-23-9-8-21-16-22(39)12-14-34(21,5)29(23)25(40)17-35(24,36)6/h16,19-20,23-25,29-31,40,47H,7-15,17-18H2,1-6H3,(H,37,42)(H,38,44)(H,45,46)/t20-,23+,24+,25+,29-,30-,31+,34+,35+,36+/m1/s1. The van der Waals surface area contributed by atoms with Gasteiger partial charge in [-0.05, 0) is 79.6 Å². The average molecular weight is 675 g/mol. The van der Waals surface area contributed by atoms with Gasteiger partial charge in [-0.1, -0.05) is 53.5 Å². The molecule has 3 saturated carbocycles. The molecule has 0 spiro atoms. The second-order valence-corrected chi connectivity index (χ2v) is 15.6. The highest BCUT2D eigenvalue weighted by Crippen LogP contribution is 2.67. The lowest BCUT2D eigenvalue weighted by molar-refractivity contribution is -0.184. The molecule has 0 aliphatic heterocycles. The summed E-state index contributed by atoms with van der Waals surface area (Å²) < 4.78 is 5.23. The molecule has 268 valence electrons. The Kier molecular flexibility index (Phi) is 11.3. The molecule has 0 unspecified atom stereocenters. The molecule has 4 aliphatic carbocycles. The van der Waals surface area contributed by atoms with Gasteiger partial charge in [-0.25, -0.2) is 4.79 Å². The summed E-state index contributed by atoms with van der Waals surface area (Å²) in [5.41, 5.74) is -1.90. The normalized spacial score (nSPS) is 34.4. The van der Waals surface area contributed by atoms with Gasteiger partial charge in [-0.3, -0.25) is 24.0 Å². The topological polar surface area (TPSA) is 196 Å². The number of hydrogen-bond acceptors (Lipinski definition) is 9. The third-order valence-corrected chi connectivity index (χ3v) is 12.5. The molecular formula is C36H54N2O10. The first-order valence-corrected chi connectivity index (χ1v) is 17.5. The number of aliphatic hydroxyl groups is 2. The van der Waals surface area contributed by atoms with E-state index in [-0.39, 0.29) is 66.5 Å². The second kappa shape index (κ2) is 14.4. The molecule has 4 rings (SSSR count). The summed E-state index contributed by atoms with van der Waals surface area (Å²) in [7, 11) is 0. The van der Waals surface area contributed by atoms with Crippen molar-refractivity contribution in [2.45, 2.75) is 130 Å². The zero-order valence-corrected chi connectivity index (χ0v) is 29.2. The van der Waals surface area contributed by atoms with Crippen LogP contribution < -0.4 is 10.6 Å². The minimum Gasteiger partial charge on any atom is -0.480 e. The summed E-state index contributed by atoms with van der Waals surface area (Å²) in [6.07, 6.45) is 4.52. The number of ether oxygens (including phenoxy) is 1. The molecule has 4 aliphatic rings. The van der Waals surface area contributed by atoms with Crippen LogP contribution in [-0.4, -0.2) is 81.0 Å². The number of carboxylic acid groups (broad SMARTS) is 1. The van der Waals surface area contributed by atoms with E-state index in [9.17, 15) is 44.1 Å². The maximum atomic E-state index is 13.5. The van der Waals surface area contributed by atoms with Gasteiger partial charge in [-0.15, -0.1) is 0 Å². The third-order valence-electron chi connectivity index (χ3n) is 12.5. The monoisotopic (exact) mass is 674 g/mol. The van der Waals surface area contributed by atoms with Crippen molar-refractivity contribution < 1.29 is 48.8 Å². The molecule has 0 aromatic rings. The molecule has 3 fully saturated rings. The van der Waals surface area contributed by atoms with Crippen LogP contribution in [0.2, 0.25) is 0 Å². The number of hydrogen-bond donors (Lipinski definition) is 5. The van der Waals surface area contributed by atoms with Gasteiger partial charge in [-0.2, -0.15) is 0 Å². The fraction of sp³-hybridized carbons (Fsp3) is 0.778. The number of carbonyl (C=O) groups is 6. The molecule has 0 radical (unpaired) electrons. The van der Waals surface area contributed by atoms with E-state index in [2.05, 4.69) is 17.6 Å². The maximum Gasteiger partial charge on any atom is 0.326 e. The van der Waals surface area contributed by atoms with Crippen molar-refractivity contribution in [1.29, 1.82) is 0 Å². The smallest absolute Gasteiger partial charge is 0.326 e. The van der Waals surface area contributed by atoms with E-state index in [1.54, 1.807) is 26.8 Å². The highest BCUT2D eigenvalue weighted by atomic mass is 16.5. The number of nitrogens with one attached hydrogen (secondary N) is 2. The Labute approximate surface area is 282 Å². The van der Waals surface area contributed by atoms with Crippen molar-refractivity contribution in [3.05, 3.63) is 11.6 Å². The van der Waals surface area contributed by atoms with Crippen molar-refractivity contribution >= 4 is 35.3 Å². The number of carboxylic acids is 1. The Morgan fingerprint density at radius 3 is 2.31 bits per heavy atom. The molecule has 12 nitrogen and oxygen atoms in total. The van der Waals surface area contributed by atoms with Gasteiger partial charge in [0.05, 0.1) is 12.5 Å². The first-order chi connectivity index (χ1) is 22.4. The van der Waals surface area contributed by atoms with Gasteiger partial charge in [0.1, 0.15) is 17.7 Å². The van der Waals surface area contributed by atoms with Gasteiger partial charge >= 0.3 is 11.9 Å². The van der Waals surface area contributed by atoms with E-state index in [4.69, 9.17) is 4.74 Å². The SMILES string of the molecule is CC[C@@H](C)[C@H](NC(=O)[C@H](NC(=O)CCC(=O)OCC(=O)[C@@]1(O)CC[C@H]2[C@@H]3CCC4=CC(=O)CC[C@]4(C)[C@H]3[C@@H](O)C[C@@]21C)C(C)C)C(=O)O. The van der Waals surface area contributed by atoms with Crippen molar-refractivity contribution in [3.63, 3.8) is 0 Å². The first kappa shape index (κ1) is 37.7. The second-order valence-electron chi connectivity index (χ2n) is 15.6. The fourth-order valence-electron chi connectivity index (χ4n) is 9.41. The molecular weight excluding hydrogens is 620 g/mol. The quantitative estimate of drug-likeness (QED) is 0.181. The summed E-state index contributed by atoms with van der Waals surface area (Å²) in [5.74, 6) is -4.42. The predicted octanol–water partition coefficient (Wildman–Crippen LogP) is 2.87. The summed E-state index contributed by atoms with van der Waals surface area (Å²) in [4.78, 5) is 75.5. The number of aliphatic carboxylic acids is 1.